The fourth-order valence-corrected chi connectivity index (χ4v) is 7.77. The van der Waals surface area contributed by atoms with Crippen molar-refractivity contribution in [3.05, 3.63) is 65.2 Å². The predicted molar refractivity (Wildman–Crippen MR) is 159 cm³/mol. The van der Waals surface area contributed by atoms with E-state index >= 15 is 0 Å². The largest absolute Gasteiger partial charge is 0.507 e. The Balaban J connectivity index is 1.72. The number of para-hydroxylation sites is 1. The number of nitrogens with zero attached hydrogens (tertiary/aromatic N) is 4. The van der Waals surface area contributed by atoms with E-state index < -0.39 is 38.9 Å². The number of ketones is 1. The number of hydrogen-bond donors (Lipinski definition) is 1. The Morgan fingerprint density at radius 1 is 0.976 bits per heavy atom. The van der Waals surface area contributed by atoms with Crippen molar-refractivity contribution in [3.8, 4) is 0 Å². The molecule has 10 nitrogen and oxygen atoms in total. The number of benzene rings is 2. The van der Waals surface area contributed by atoms with Crippen molar-refractivity contribution in [1.29, 1.82) is 0 Å². The Hall–Kier alpha value is -3.54. The molecule has 5 rings (SSSR count). The minimum absolute atomic E-state index is 0.0212. The molecule has 1 unspecified atom stereocenters. The van der Waals surface area contributed by atoms with Crippen LogP contribution in [-0.4, -0.2) is 92.0 Å². The second-order valence-corrected chi connectivity index (χ2v) is 13.3. The third-order valence-corrected chi connectivity index (χ3v) is 10.3. The van der Waals surface area contributed by atoms with Gasteiger partial charge in [0.2, 0.25) is 10.0 Å². The lowest BCUT2D eigenvalue weighted by atomic mass is 9.82. The summed E-state index contributed by atoms with van der Waals surface area (Å²) in [7, 11) is -0.186. The molecular formula is C31H38N4O6S. The zero-order valence-corrected chi connectivity index (χ0v) is 25.2. The molecule has 0 aromatic heterocycles. The Labute approximate surface area is 247 Å². The molecule has 2 fully saturated rings. The van der Waals surface area contributed by atoms with Crippen molar-refractivity contribution in [3.63, 3.8) is 0 Å². The molecule has 0 aliphatic carbocycles. The summed E-state index contributed by atoms with van der Waals surface area (Å²) in [5, 5.41) is 11.8. The molecule has 1 N–H and O–H groups in total. The van der Waals surface area contributed by atoms with Crippen LogP contribution in [0.2, 0.25) is 0 Å². The van der Waals surface area contributed by atoms with Crippen molar-refractivity contribution >= 4 is 39.1 Å². The van der Waals surface area contributed by atoms with Crippen LogP contribution in [0, 0.1) is 0 Å². The molecule has 1 atom stereocenters. The van der Waals surface area contributed by atoms with Crippen LogP contribution in [0.15, 0.2) is 59.0 Å². The van der Waals surface area contributed by atoms with Gasteiger partial charge in [-0.15, -0.1) is 0 Å². The molecule has 0 radical (unpaired) electrons. The summed E-state index contributed by atoms with van der Waals surface area (Å²) in [6, 6.07) is 12.8. The lowest BCUT2D eigenvalue weighted by Crippen LogP contribution is -2.53. The first-order valence-electron chi connectivity index (χ1n) is 14.5. The number of unbranched alkanes of at least 4 members (excludes halogenated alkanes) is 1. The molecule has 1 spiro atoms. The van der Waals surface area contributed by atoms with Gasteiger partial charge in [0.25, 0.3) is 17.6 Å². The highest BCUT2D eigenvalue weighted by Gasteiger charge is 2.67. The molecule has 2 aromatic rings. The summed E-state index contributed by atoms with van der Waals surface area (Å²) in [4.78, 5) is 46.7. The second-order valence-electron chi connectivity index (χ2n) is 11.3. The van der Waals surface area contributed by atoms with Gasteiger partial charge in [-0.05, 0) is 51.6 Å². The van der Waals surface area contributed by atoms with Crippen LogP contribution in [-0.2, 0) is 29.9 Å². The Morgan fingerprint density at radius 2 is 1.69 bits per heavy atom. The Kier molecular flexibility index (Phi) is 8.28. The standard InChI is InChI=1S/C31H38N4O6S/c1-4-5-18-34-25-15-8-7-14-24(25)31(30(34)39)26(28(37)29(38)35(31)20-19-32(2)3)27(36)22-12-11-13-23(21-22)42(40,41)33-16-9-6-10-17-33/h7-8,11-15,21,36H,4-6,9-10,16-20H2,1-3H3/b27-26+. The number of anilines is 1. The summed E-state index contributed by atoms with van der Waals surface area (Å²) in [6.07, 6.45) is 4.04. The van der Waals surface area contributed by atoms with Crippen LogP contribution in [0.4, 0.5) is 5.69 Å². The third-order valence-electron chi connectivity index (χ3n) is 8.38. The fraction of sp³-hybridized carbons (Fsp3) is 0.452. The maximum atomic E-state index is 14.5. The molecule has 0 saturated carbocycles. The lowest BCUT2D eigenvalue weighted by Gasteiger charge is -2.35. The number of aliphatic hydroxyl groups is 1. The van der Waals surface area contributed by atoms with E-state index in [1.54, 1.807) is 29.2 Å². The van der Waals surface area contributed by atoms with Gasteiger partial charge in [0.1, 0.15) is 5.76 Å². The molecule has 2 aromatic carbocycles. The molecule has 2 saturated heterocycles. The number of sulfonamides is 1. The molecule has 3 heterocycles. The monoisotopic (exact) mass is 594 g/mol. The number of aliphatic hydroxyl groups excluding tert-OH is 1. The van der Waals surface area contributed by atoms with Gasteiger partial charge in [0.05, 0.1) is 16.2 Å². The van der Waals surface area contributed by atoms with Gasteiger partial charge >= 0.3 is 0 Å². The number of Topliss-reactive ketones (excluding diaryl/α,β-unsaturated/α-hetero) is 1. The van der Waals surface area contributed by atoms with Crippen LogP contribution in [0.5, 0.6) is 0 Å². The van der Waals surface area contributed by atoms with Gasteiger partial charge in [-0.3, -0.25) is 14.4 Å². The first kappa shape index (κ1) is 29.9. The SMILES string of the molecule is CCCCN1C(=O)C2(/C(=C(/O)c3cccc(S(=O)(=O)N4CCCCC4)c3)C(=O)C(=O)N2CCN(C)C)c2ccccc21. The normalized spacial score (nSPS) is 22.5. The van der Waals surface area contributed by atoms with Gasteiger partial charge in [-0.2, -0.15) is 4.31 Å². The van der Waals surface area contributed by atoms with Gasteiger partial charge in [-0.25, -0.2) is 8.42 Å². The number of amides is 2. The Bertz CT molecular complexity index is 1550. The molecule has 224 valence electrons. The highest BCUT2D eigenvalue weighted by atomic mass is 32.2. The van der Waals surface area contributed by atoms with Crippen molar-refractivity contribution < 1.29 is 27.9 Å². The number of likely N-dealkylation sites (tertiary alicyclic amines) is 1. The summed E-state index contributed by atoms with van der Waals surface area (Å²) < 4.78 is 28.3. The van der Waals surface area contributed by atoms with Crippen LogP contribution in [0.25, 0.3) is 5.76 Å². The average molecular weight is 595 g/mol. The van der Waals surface area contributed by atoms with Crippen LogP contribution in [0.1, 0.15) is 50.2 Å². The summed E-state index contributed by atoms with van der Waals surface area (Å²) in [5.41, 5.74) is -1.13. The molecule has 2 amide bonds. The van der Waals surface area contributed by atoms with E-state index in [0.717, 1.165) is 25.7 Å². The maximum absolute atomic E-state index is 14.5. The van der Waals surface area contributed by atoms with Crippen molar-refractivity contribution in [2.75, 3.05) is 51.7 Å². The van der Waals surface area contributed by atoms with Crippen molar-refractivity contribution in [1.82, 2.24) is 14.1 Å². The lowest BCUT2D eigenvalue weighted by molar-refractivity contribution is -0.143. The van der Waals surface area contributed by atoms with Crippen LogP contribution < -0.4 is 4.90 Å². The van der Waals surface area contributed by atoms with E-state index in [1.165, 1.54) is 33.5 Å². The zero-order chi connectivity index (χ0) is 30.2. The van der Waals surface area contributed by atoms with E-state index in [0.29, 0.717) is 43.9 Å². The topological polar surface area (TPSA) is 119 Å². The number of piperidine rings is 1. The molecule has 3 aliphatic rings. The zero-order valence-electron chi connectivity index (χ0n) is 24.4. The van der Waals surface area contributed by atoms with Crippen molar-refractivity contribution in [2.45, 2.75) is 49.5 Å². The molecule has 11 heteroatoms. The predicted octanol–water partition coefficient (Wildman–Crippen LogP) is 3.15. The summed E-state index contributed by atoms with van der Waals surface area (Å²) in [5.74, 6) is -2.90. The number of fused-ring (bicyclic) bond motifs is 2. The summed E-state index contributed by atoms with van der Waals surface area (Å²) >= 11 is 0. The van der Waals surface area contributed by atoms with E-state index in [2.05, 4.69) is 0 Å². The quantitative estimate of drug-likeness (QED) is 0.269. The smallest absolute Gasteiger partial charge is 0.296 e. The molecule has 0 bridgehead atoms. The van der Waals surface area contributed by atoms with E-state index in [1.807, 2.05) is 25.9 Å². The van der Waals surface area contributed by atoms with E-state index in [9.17, 15) is 27.9 Å². The number of rotatable bonds is 9. The number of carbonyl (C=O) groups excluding carboxylic acids is 3. The highest BCUT2D eigenvalue weighted by molar-refractivity contribution is 7.89. The minimum Gasteiger partial charge on any atom is -0.507 e. The minimum atomic E-state index is -3.84. The Morgan fingerprint density at radius 3 is 2.38 bits per heavy atom. The van der Waals surface area contributed by atoms with E-state index in [-0.39, 0.29) is 22.6 Å². The van der Waals surface area contributed by atoms with Gasteiger partial charge in [0, 0.05) is 43.9 Å². The third kappa shape index (κ3) is 4.73. The van der Waals surface area contributed by atoms with Gasteiger partial charge in [0.15, 0.2) is 5.54 Å². The highest BCUT2D eigenvalue weighted by Crippen LogP contribution is 2.53. The number of likely N-dealkylation sites (N-methyl/N-ethyl adjacent to an activating group) is 1. The van der Waals surface area contributed by atoms with Gasteiger partial charge < -0.3 is 19.8 Å². The molecular weight excluding hydrogens is 556 g/mol. The number of carbonyl (C=O) groups is 3. The van der Waals surface area contributed by atoms with Crippen molar-refractivity contribution in [2.24, 2.45) is 0 Å². The first-order valence-corrected chi connectivity index (χ1v) is 16.0. The summed E-state index contributed by atoms with van der Waals surface area (Å²) in [6.45, 7) is 3.67. The molecule has 3 aliphatic heterocycles. The fourth-order valence-electron chi connectivity index (χ4n) is 6.21. The van der Waals surface area contributed by atoms with Gasteiger partial charge in [-0.1, -0.05) is 50.1 Å². The van der Waals surface area contributed by atoms with Crippen LogP contribution >= 0.6 is 0 Å². The second kappa shape index (κ2) is 11.6. The average Bonchev–Trinajstić information content (AvgIpc) is 3.37. The molecule has 42 heavy (non-hydrogen) atoms. The number of hydrogen-bond acceptors (Lipinski definition) is 7. The first-order chi connectivity index (χ1) is 20.1. The maximum Gasteiger partial charge on any atom is 0.296 e. The van der Waals surface area contributed by atoms with Crippen LogP contribution in [0.3, 0.4) is 0 Å². The van der Waals surface area contributed by atoms with E-state index in [4.69, 9.17) is 0 Å².